The second kappa shape index (κ2) is 7.76. The lowest BCUT2D eigenvalue weighted by Crippen LogP contribution is -2.35. The lowest BCUT2D eigenvalue weighted by atomic mass is 10.1. The van der Waals surface area contributed by atoms with Crippen molar-refractivity contribution in [2.75, 3.05) is 5.32 Å². The molecule has 3 aromatic rings. The summed E-state index contributed by atoms with van der Waals surface area (Å²) in [6.45, 7) is 2.59. The van der Waals surface area contributed by atoms with Gasteiger partial charge in [-0.3, -0.25) is 9.59 Å². The Morgan fingerprint density at radius 3 is 2.64 bits per heavy atom. The van der Waals surface area contributed by atoms with Crippen molar-refractivity contribution >= 4 is 28.8 Å². The lowest BCUT2D eigenvalue weighted by Gasteiger charge is -2.14. The third kappa shape index (κ3) is 4.54. The minimum absolute atomic E-state index is 0.0279. The lowest BCUT2D eigenvalue weighted by molar-refractivity contribution is 0.0936. The number of aromatic nitrogens is 2. The summed E-state index contributed by atoms with van der Waals surface area (Å²) in [6, 6.07) is 10.4. The van der Waals surface area contributed by atoms with Crippen molar-refractivity contribution in [3.05, 3.63) is 70.9 Å². The molecule has 2 heterocycles. The quantitative estimate of drug-likeness (QED) is 0.714. The van der Waals surface area contributed by atoms with Gasteiger partial charge in [0, 0.05) is 36.2 Å². The van der Waals surface area contributed by atoms with E-state index in [2.05, 4.69) is 15.6 Å². The van der Waals surface area contributed by atoms with Crippen molar-refractivity contribution in [2.24, 2.45) is 0 Å². The summed E-state index contributed by atoms with van der Waals surface area (Å²) < 4.78 is 1.91. The van der Waals surface area contributed by atoms with Crippen molar-refractivity contribution in [1.82, 2.24) is 14.9 Å². The zero-order chi connectivity index (χ0) is 17.6. The molecule has 0 saturated heterocycles. The third-order valence-corrected chi connectivity index (χ3v) is 4.44. The molecule has 0 saturated carbocycles. The maximum atomic E-state index is 12.3. The summed E-state index contributed by atoms with van der Waals surface area (Å²) in [5.41, 5.74) is 1.20. The van der Waals surface area contributed by atoms with E-state index in [0.29, 0.717) is 22.7 Å². The van der Waals surface area contributed by atoms with Crippen molar-refractivity contribution in [3.8, 4) is 0 Å². The first-order valence-corrected chi connectivity index (χ1v) is 8.71. The number of imidazole rings is 1. The number of nitrogens with one attached hydrogen (secondary N) is 2. The Morgan fingerprint density at radius 1 is 1.20 bits per heavy atom. The van der Waals surface area contributed by atoms with Gasteiger partial charge in [0.25, 0.3) is 11.8 Å². The Labute approximate surface area is 149 Å². The van der Waals surface area contributed by atoms with Gasteiger partial charge >= 0.3 is 0 Å². The second-order valence-corrected chi connectivity index (χ2v) is 6.59. The monoisotopic (exact) mass is 354 g/mol. The Morgan fingerprint density at radius 2 is 2.00 bits per heavy atom. The van der Waals surface area contributed by atoms with Crippen LogP contribution in [0.2, 0.25) is 0 Å². The Kier molecular flexibility index (Phi) is 5.25. The minimum Gasteiger partial charge on any atom is -0.348 e. The molecule has 1 atom stereocenters. The summed E-state index contributed by atoms with van der Waals surface area (Å²) in [6.07, 6.45) is 5.28. The molecule has 0 unspecified atom stereocenters. The van der Waals surface area contributed by atoms with E-state index in [1.54, 1.807) is 42.9 Å². The maximum Gasteiger partial charge on any atom is 0.265 e. The van der Waals surface area contributed by atoms with Crippen LogP contribution in [0.4, 0.5) is 5.69 Å². The van der Waals surface area contributed by atoms with Gasteiger partial charge in [-0.1, -0.05) is 6.07 Å². The van der Waals surface area contributed by atoms with E-state index in [1.807, 2.05) is 29.1 Å². The fourth-order valence-electron chi connectivity index (χ4n) is 2.37. The molecular weight excluding hydrogens is 336 g/mol. The van der Waals surface area contributed by atoms with Crippen molar-refractivity contribution in [2.45, 2.75) is 19.5 Å². The Balaban J connectivity index is 1.56. The van der Waals surface area contributed by atoms with Crippen LogP contribution in [0.25, 0.3) is 0 Å². The van der Waals surface area contributed by atoms with E-state index in [1.165, 1.54) is 11.3 Å². The van der Waals surface area contributed by atoms with Crippen molar-refractivity contribution in [1.29, 1.82) is 0 Å². The van der Waals surface area contributed by atoms with Crippen LogP contribution >= 0.6 is 11.3 Å². The van der Waals surface area contributed by atoms with Gasteiger partial charge in [0.15, 0.2) is 0 Å². The molecule has 1 aromatic carbocycles. The van der Waals surface area contributed by atoms with E-state index < -0.39 is 0 Å². The van der Waals surface area contributed by atoms with Gasteiger partial charge in [-0.25, -0.2) is 4.98 Å². The molecule has 6 nitrogen and oxygen atoms in total. The predicted octanol–water partition coefficient (Wildman–Crippen LogP) is 3.02. The average molecular weight is 354 g/mol. The largest absolute Gasteiger partial charge is 0.348 e. The van der Waals surface area contributed by atoms with Crippen LogP contribution in [0.3, 0.4) is 0 Å². The van der Waals surface area contributed by atoms with Crippen molar-refractivity contribution < 1.29 is 9.59 Å². The van der Waals surface area contributed by atoms with Gasteiger partial charge in [-0.05, 0) is 42.6 Å². The molecule has 0 aliphatic carbocycles. The fourth-order valence-corrected chi connectivity index (χ4v) is 2.99. The first-order valence-electron chi connectivity index (χ1n) is 7.83. The van der Waals surface area contributed by atoms with Gasteiger partial charge in [0.1, 0.15) is 0 Å². The number of amides is 2. The predicted molar refractivity (Wildman–Crippen MR) is 97.9 cm³/mol. The molecule has 0 fully saturated rings. The molecule has 2 amide bonds. The second-order valence-electron chi connectivity index (χ2n) is 5.64. The standard InChI is InChI=1S/C18H18N4O2S/c1-13(11-22-9-8-19-12-22)20-17(23)14-4-6-15(7-5-14)21-18(24)16-3-2-10-25-16/h2-10,12-13H,11H2,1H3,(H,20,23)(H,21,24)/t13-/m1/s1. The van der Waals surface area contributed by atoms with E-state index >= 15 is 0 Å². The highest BCUT2D eigenvalue weighted by Crippen LogP contribution is 2.14. The van der Waals surface area contributed by atoms with E-state index in [4.69, 9.17) is 0 Å². The van der Waals surface area contributed by atoms with Crippen LogP contribution in [0, 0.1) is 0 Å². The van der Waals surface area contributed by atoms with Crippen LogP contribution in [0.5, 0.6) is 0 Å². The van der Waals surface area contributed by atoms with Crippen LogP contribution < -0.4 is 10.6 Å². The van der Waals surface area contributed by atoms with Crippen LogP contribution in [0.1, 0.15) is 27.0 Å². The Hall–Kier alpha value is -2.93. The summed E-state index contributed by atoms with van der Waals surface area (Å²) >= 11 is 1.38. The maximum absolute atomic E-state index is 12.3. The number of anilines is 1. The fraction of sp³-hybridized carbons (Fsp3) is 0.167. The summed E-state index contributed by atoms with van der Waals surface area (Å²) in [7, 11) is 0. The first-order chi connectivity index (χ1) is 12.1. The van der Waals surface area contributed by atoms with Gasteiger partial charge < -0.3 is 15.2 Å². The summed E-state index contributed by atoms with van der Waals surface area (Å²) in [5, 5.41) is 7.61. The number of rotatable bonds is 6. The molecule has 128 valence electrons. The molecule has 0 aliphatic rings. The molecule has 25 heavy (non-hydrogen) atoms. The van der Waals surface area contributed by atoms with Gasteiger partial charge in [0.05, 0.1) is 11.2 Å². The first kappa shape index (κ1) is 16.9. The van der Waals surface area contributed by atoms with Crippen LogP contribution in [-0.4, -0.2) is 27.4 Å². The van der Waals surface area contributed by atoms with Gasteiger partial charge in [-0.15, -0.1) is 11.3 Å². The number of carbonyl (C=O) groups excluding carboxylic acids is 2. The molecule has 0 aliphatic heterocycles. The SMILES string of the molecule is C[C@H](Cn1ccnc1)NC(=O)c1ccc(NC(=O)c2cccs2)cc1. The average Bonchev–Trinajstić information content (AvgIpc) is 3.29. The number of nitrogens with zero attached hydrogens (tertiary/aromatic N) is 2. The molecule has 0 bridgehead atoms. The molecule has 0 spiro atoms. The number of hydrogen-bond acceptors (Lipinski definition) is 4. The highest BCUT2D eigenvalue weighted by atomic mass is 32.1. The van der Waals surface area contributed by atoms with E-state index in [-0.39, 0.29) is 17.9 Å². The molecule has 2 aromatic heterocycles. The normalized spacial score (nSPS) is 11.7. The highest BCUT2D eigenvalue weighted by molar-refractivity contribution is 7.12. The van der Waals surface area contributed by atoms with E-state index in [9.17, 15) is 9.59 Å². The van der Waals surface area contributed by atoms with Gasteiger partial charge in [0.2, 0.25) is 0 Å². The number of hydrogen-bond donors (Lipinski definition) is 2. The topological polar surface area (TPSA) is 76.0 Å². The third-order valence-electron chi connectivity index (χ3n) is 3.57. The molecule has 2 N–H and O–H groups in total. The highest BCUT2D eigenvalue weighted by Gasteiger charge is 2.11. The summed E-state index contributed by atoms with van der Waals surface area (Å²) in [5.74, 6) is -0.301. The van der Waals surface area contributed by atoms with Crippen LogP contribution in [0.15, 0.2) is 60.5 Å². The minimum atomic E-state index is -0.152. The summed E-state index contributed by atoms with van der Waals surface area (Å²) in [4.78, 5) is 28.9. The number of benzene rings is 1. The van der Waals surface area contributed by atoms with Crippen molar-refractivity contribution in [3.63, 3.8) is 0 Å². The van der Waals surface area contributed by atoms with E-state index in [0.717, 1.165) is 0 Å². The van der Waals surface area contributed by atoms with Crippen LogP contribution in [-0.2, 0) is 6.54 Å². The molecule has 3 rings (SSSR count). The zero-order valence-corrected chi connectivity index (χ0v) is 14.5. The smallest absolute Gasteiger partial charge is 0.265 e. The molecule has 7 heteroatoms. The molecule has 0 radical (unpaired) electrons. The Bertz CT molecular complexity index is 827. The van der Waals surface area contributed by atoms with Gasteiger partial charge in [-0.2, -0.15) is 0 Å². The number of carbonyl (C=O) groups is 2. The zero-order valence-electron chi connectivity index (χ0n) is 13.7. The number of thiophene rings is 1. The molecular formula is C18H18N4O2S.